The van der Waals surface area contributed by atoms with Gasteiger partial charge in [0.25, 0.3) is 5.92 Å². The second-order valence-electron chi connectivity index (χ2n) is 7.97. The largest absolute Gasteiger partial charge is 0.466 e. The van der Waals surface area contributed by atoms with Crippen molar-refractivity contribution in [2.45, 2.75) is 43.7 Å². The number of alkyl halides is 2. The van der Waals surface area contributed by atoms with Crippen LogP contribution in [0.25, 0.3) is 0 Å². The summed E-state index contributed by atoms with van der Waals surface area (Å²) in [5.41, 5.74) is -0.110. The summed E-state index contributed by atoms with van der Waals surface area (Å²) in [4.78, 5) is 21.6. The van der Waals surface area contributed by atoms with Crippen molar-refractivity contribution in [3.05, 3.63) is 11.3 Å². The molecule has 0 amide bonds. The predicted octanol–water partition coefficient (Wildman–Crippen LogP) is 1.94. The molecule has 0 N–H and O–H groups in total. The number of carbonyl (C=O) groups excluding carboxylic acids is 1. The molecule has 1 aromatic heterocycles. The molecule has 5 rings (SSSR count). The van der Waals surface area contributed by atoms with Crippen LogP contribution in [0.2, 0.25) is 0 Å². The molecule has 2 atom stereocenters. The number of halogens is 2. The minimum absolute atomic E-state index is 0.125. The number of ether oxygens (including phenoxy) is 1. The molecule has 3 heterocycles. The molecule has 0 radical (unpaired) electrons. The highest BCUT2D eigenvalue weighted by Crippen LogP contribution is 2.50. The first kappa shape index (κ1) is 19.5. The van der Waals surface area contributed by atoms with Crippen LogP contribution in [-0.4, -0.2) is 50.3 Å². The lowest BCUT2D eigenvalue weighted by Gasteiger charge is -2.54. The molecule has 154 valence electrons. The molecule has 2 bridgehead atoms. The molecule has 1 saturated carbocycles. The van der Waals surface area contributed by atoms with Crippen molar-refractivity contribution >= 4 is 21.6 Å². The third-order valence-electron chi connectivity index (χ3n) is 6.07. The molecule has 7 nitrogen and oxygen atoms in total. The molecule has 3 fully saturated rings. The normalized spacial score (nSPS) is 27.9. The fourth-order valence-corrected chi connectivity index (χ4v) is 5.23. The van der Waals surface area contributed by atoms with Crippen LogP contribution in [0.1, 0.15) is 37.4 Å². The van der Waals surface area contributed by atoms with Gasteiger partial charge in [0.2, 0.25) is 15.0 Å². The van der Waals surface area contributed by atoms with Crippen LogP contribution in [0.3, 0.4) is 0 Å². The number of nitrogens with zero attached hydrogens (tertiary/aromatic N) is 3. The van der Waals surface area contributed by atoms with Gasteiger partial charge in [-0.3, -0.25) is 4.79 Å². The van der Waals surface area contributed by atoms with E-state index in [2.05, 4.69) is 9.97 Å². The van der Waals surface area contributed by atoms with Crippen molar-refractivity contribution in [1.82, 2.24) is 9.97 Å². The van der Waals surface area contributed by atoms with E-state index in [0.717, 1.165) is 12.7 Å². The van der Waals surface area contributed by atoms with Crippen LogP contribution in [0, 0.1) is 17.8 Å². The highest BCUT2D eigenvalue weighted by molar-refractivity contribution is 7.90. The molecule has 0 spiro atoms. The minimum Gasteiger partial charge on any atom is -0.466 e. The summed E-state index contributed by atoms with van der Waals surface area (Å²) in [7, 11) is -3.81. The van der Waals surface area contributed by atoms with Crippen molar-refractivity contribution in [1.29, 1.82) is 0 Å². The van der Waals surface area contributed by atoms with Crippen molar-refractivity contribution in [2.75, 3.05) is 30.9 Å². The average Bonchev–Trinajstić information content (AvgIpc) is 2.94. The Morgan fingerprint density at radius 2 is 1.96 bits per heavy atom. The summed E-state index contributed by atoms with van der Waals surface area (Å²) in [6, 6.07) is 0. The number of anilines is 1. The van der Waals surface area contributed by atoms with Gasteiger partial charge in [0, 0.05) is 37.8 Å². The Balaban J connectivity index is 1.61. The van der Waals surface area contributed by atoms with Gasteiger partial charge in [0.1, 0.15) is 11.5 Å². The van der Waals surface area contributed by atoms with E-state index in [-0.39, 0.29) is 36.6 Å². The van der Waals surface area contributed by atoms with Gasteiger partial charge in [-0.15, -0.1) is 0 Å². The summed E-state index contributed by atoms with van der Waals surface area (Å²) in [5, 5.41) is -0.551. The van der Waals surface area contributed by atoms with E-state index in [1.165, 1.54) is 0 Å². The first-order valence-electron chi connectivity index (χ1n) is 9.50. The molecular weight excluding hydrogens is 392 g/mol. The topological polar surface area (TPSA) is 89.5 Å². The maximum Gasteiger partial charge on any atom is 0.306 e. The monoisotopic (exact) mass is 415 g/mol. The first-order chi connectivity index (χ1) is 13.1. The van der Waals surface area contributed by atoms with Gasteiger partial charge in [-0.2, -0.15) is 8.78 Å². The van der Waals surface area contributed by atoms with Crippen LogP contribution < -0.4 is 4.90 Å². The van der Waals surface area contributed by atoms with Gasteiger partial charge in [0.05, 0.1) is 6.61 Å². The zero-order valence-corrected chi connectivity index (χ0v) is 16.6. The molecule has 10 heteroatoms. The van der Waals surface area contributed by atoms with Crippen LogP contribution in [0.4, 0.5) is 14.6 Å². The molecule has 2 aliphatic carbocycles. The summed E-state index contributed by atoms with van der Waals surface area (Å²) < 4.78 is 57.5. The number of hydrogen-bond donors (Lipinski definition) is 0. The predicted molar refractivity (Wildman–Crippen MR) is 95.9 cm³/mol. The van der Waals surface area contributed by atoms with E-state index >= 15 is 0 Å². The Kier molecular flexibility index (Phi) is 4.59. The number of esters is 1. The van der Waals surface area contributed by atoms with Crippen molar-refractivity contribution in [3.63, 3.8) is 0 Å². The quantitative estimate of drug-likeness (QED) is 0.536. The van der Waals surface area contributed by atoms with E-state index in [4.69, 9.17) is 4.74 Å². The third-order valence-corrected chi connectivity index (χ3v) is 6.91. The molecule has 2 unspecified atom stereocenters. The van der Waals surface area contributed by atoms with Crippen molar-refractivity contribution < 1.29 is 26.7 Å². The van der Waals surface area contributed by atoms with E-state index in [1.807, 2.05) is 4.90 Å². The van der Waals surface area contributed by atoms with Gasteiger partial charge in [0.15, 0.2) is 0 Å². The molecule has 4 aliphatic rings. The lowest BCUT2D eigenvalue weighted by molar-refractivity contribution is -0.147. The standard InChI is InChI=1S/C18H23F2N3O4S/c1-3-27-14(24)7-13-10-6-11(13)9-23(8-10)16-12-4-5-18(19,20)15(12)21-17(22-16)28(2,25)26/h10-11,13H,3-9H2,1-2H3. The fraction of sp³-hybridized carbons (Fsp3) is 0.722. The fourth-order valence-electron chi connectivity index (χ4n) is 4.72. The molecule has 2 saturated heterocycles. The van der Waals surface area contributed by atoms with Crippen molar-refractivity contribution in [2.24, 2.45) is 17.8 Å². The maximum atomic E-state index is 14.3. The smallest absolute Gasteiger partial charge is 0.306 e. The Bertz CT molecular complexity index is 910. The molecular formula is C18H23F2N3O4S. The molecule has 1 aromatic rings. The van der Waals surface area contributed by atoms with Crippen LogP contribution >= 0.6 is 0 Å². The highest BCUT2D eigenvalue weighted by Gasteiger charge is 2.50. The Morgan fingerprint density at radius 3 is 2.57 bits per heavy atom. The zero-order chi connectivity index (χ0) is 20.3. The number of carbonyl (C=O) groups is 1. The number of aromatic nitrogens is 2. The van der Waals surface area contributed by atoms with Crippen LogP contribution in [0.5, 0.6) is 0 Å². The van der Waals surface area contributed by atoms with Gasteiger partial charge in [-0.05, 0) is 37.5 Å². The molecule has 28 heavy (non-hydrogen) atoms. The number of sulfone groups is 1. The Morgan fingerprint density at radius 1 is 1.29 bits per heavy atom. The lowest BCUT2D eigenvalue weighted by atomic mass is 9.60. The Labute approximate surface area is 162 Å². The van der Waals surface area contributed by atoms with Gasteiger partial charge >= 0.3 is 5.97 Å². The highest BCUT2D eigenvalue weighted by atomic mass is 32.2. The number of piperidine rings is 2. The molecule has 2 aliphatic heterocycles. The van der Waals surface area contributed by atoms with E-state index < -0.39 is 26.6 Å². The summed E-state index contributed by atoms with van der Waals surface area (Å²) in [6.45, 7) is 3.26. The van der Waals surface area contributed by atoms with E-state index in [0.29, 0.717) is 37.5 Å². The van der Waals surface area contributed by atoms with Crippen LogP contribution in [0.15, 0.2) is 5.16 Å². The van der Waals surface area contributed by atoms with Crippen LogP contribution in [-0.2, 0) is 31.7 Å². The zero-order valence-electron chi connectivity index (χ0n) is 15.8. The minimum atomic E-state index is -3.81. The number of hydrogen-bond acceptors (Lipinski definition) is 7. The number of rotatable bonds is 5. The SMILES string of the molecule is CCOC(=O)CC1C2CC1CN(c1nc(S(C)(=O)=O)nc3c1CCC3(F)F)C2. The molecule has 0 aromatic carbocycles. The van der Waals surface area contributed by atoms with Gasteiger partial charge in [-0.25, -0.2) is 18.4 Å². The third kappa shape index (κ3) is 3.25. The second kappa shape index (κ2) is 6.60. The van der Waals surface area contributed by atoms with Gasteiger partial charge < -0.3 is 9.64 Å². The second-order valence-corrected chi connectivity index (χ2v) is 9.88. The summed E-state index contributed by atoms with van der Waals surface area (Å²) in [5.74, 6) is -2.32. The Hall–Kier alpha value is -1.84. The maximum absolute atomic E-state index is 14.3. The number of fused-ring (bicyclic) bond motifs is 3. The van der Waals surface area contributed by atoms with E-state index in [9.17, 15) is 22.0 Å². The lowest BCUT2D eigenvalue weighted by Crippen LogP contribution is -2.56. The van der Waals surface area contributed by atoms with Crippen molar-refractivity contribution in [3.8, 4) is 0 Å². The first-order valence-corrected chi connectivity index (χ1v) is 11.4. The van der Waals surface area contributed by atoms with Gasteiger partial charge in [-0.1, -0.05) is 0 Å². The van der Waals surface area contributed by atoms with E-state index in [1.54, 1.807) is 6.92 Å². The summed E-state index contributed by atoms with van der Waals surface area (Å²) in [6.07, 6.45) is 2.01. The average molecular weight is 415 g/mol. The summed E-state index contributed by atoms with van der Waals surface area (Å²) >= 11 is 0.